The fourth-order valence-electron chi connectivity index (χ4n) is 3.18. The summed E-state index contributed by atoms with van der Waals surface area (Å²) >= 11 is 0. The highest BCUT2D eigenvalue weighted by molar-refractivity contribution is 5.77. The van der Waals surface area contributed by atoms with E-state index in [2.05, 4.69) is 34.7 Å². The lowest BCUT2D eigenvalue weighted by Gasteiger charge is -2.17. The van der Waals surface area contributed by atoms with Crippen molar-refractivity contribution in [2.24, 2.45) is 0 Å². The first kappa shape index (κ1) is 17.8. The minimum absolute atomic E-state index is 0.00149. The molecule has 0 saturated carbocycles. The van der Waals surface area contributed by atoms with Gasteiger partial charge in [0.1, 0.15) is 5.69 Å². The van der Waals surface area contributed by atoms with Gasteiger partial charge < -0.3 is 14.3 Å². The van der Waals surface area contributed by atoms with Crippen LogP contribution in [0.4, 0.5) is 0 Å². The molecule has 0 aliphatic rings. The molecule has 0 saturated heterocycles. The number of carbonyl (C=O) groups is 1. The largest absolute Gasteiger partial charge is 0.461 e. The second-order valence-electron chi connectivity index (χ2n) is 6.51. The van der Waals surface area contributed by atoms with Gasteiger partial charge in [-0.3, -0.25) is 4.79 Å². The minimum atomic E-state index is -0.0414. The van der Waals surface area contributed by atoms with Crippen molar-refractivity contribution in [3.8, 4) is 11.5 Å². The van der Waals surface area contributed by atoms with Crippen LogP contribution in [0.2, 0.25) is 0 Å². The minimum Gasteiger partial charge on any atom is -0.461 e. The van der Waals surface area contributed by atoms with E-state index in [-0.39, 0.29) is 11.8 Å². The van der Waals surface area contributed by atoms with Gasteiger partial charge in [0.05, 0.1) is 12.8 Å². The summed E-state index contributed by atoms with van der Waals surface area (Å²) in [5.41, 5.74) is 2.88. The van der Waals surface area contributed by atoms with E-state index >= 15 is 0 Å². The van der Waals surface area contributed by atoms with Crippen molar-refractivity contribution in [1.29, 1.82) is 0 Å². The molecule has 0 fully saturated rings. The molecule has 0 spiro atoms. The number of furan rings is 1. The van der Waals surface area contributed by atoms with Gasteiger partial charge in [-0.15, -0.1) is 0 Å². The van der Waals surface area contributed by atoms with Crippen LogP contribution in [0.5, 0.6) is 0 Å². The molecule has 0 aliphatic carbocycles. The number of nitrogens with one attached hydrogen (secondary N) is 1. The number of carbonyl (C=O) groups excluding carboxylic acids is 1. The topological polar surface area (TPSA) is 68.3 Å². The van der Waals surface area contributed by atoms with E-state index in [1.165, 1.54) is 0 Å². The third-order valence-electron chi connectivity index (χ3n) is 4.58. The average Bonchev–Trinajstić information content (AvgIpc) is 3.43. The normalized spacial score (nSPS) is 10.9. The predicted octanol–water partition coefficient (Wildman–Crippen LogP) is 4.77. The predicted molar refractivity (Wildman–Crippen MR) is 105 cm³/mol. The summed E-state index contributed by atoms with van der Waals surface area (Å²) in [6, 6.07) is 25.5. The van der Waals surface area contributed by atoms with Crippen LogP contribution in [0.1, 0.15) is 29.2 Å². The Hall–Kier alpha value is -3.60. The fraction of sp³-hybridized carbons (Fsp3) is 0.130. The first-order chi connectivity index (χ1) is 13.8. The van der Waals surface area contributed by atoms with Crippen molar-refractivity contribution < 1.29 is 13.7 Å². The number of hydrogen-bond donors (Lipinski definition) is 1. The van der Waals surface area contributed by atoms with E-state index in [0.29, 0.717) is 30.2 Å². The van der Waals surface area contributed by atoms with E-state index in [1.54, 1.807) is 24.5 Å². The molecule has 4 rings (SSSR count). The van der Waals surface area contributed by atoms with E-state index in [0.717, 1.165) is 11.1 Å². The lowest BCUT2D eigenvalue weighted by Crippen LogP contribution is -2.25. The molecule has 0 unspecified atom stereocenters. The highest BCUT2D eigenvalue weighted by Gasteiger charge is 2.18. The molecule has 1 N–H and O–H groups in total. The maximum Gasteiger partial charge on any atom is 0.221 e. The molecule has 140 valence electrons. The van der Waals surface area contributed by atoms with Gasteiger partial charge in [0.2, 0.25) is 11.7 Å². The van der Waals surface area contributed by atoms with Gasteiger partial charge in [-0.1, -0.05) is 65.8 Å². The number of rotatable bonds is 7. The number of aromatic nitrogens is 1. The van der Waals surface area contributed by atoms with Crippen molar-refractivity contribution in [3.05, 3.63) is 102 Å². The van der Waals surface area contributed by atoms with Crippen molar-refractivity contribution in [1.82, 2.24) is 10.5 Å². The van der Waals surface area contributed by atoms with E-state index in [4.69, 9.17) is 8.94 Å². The Balaban J connectivity index is 1.42. The summed E-state index contributed by atoms with van der Waals surface area (Å²) in [6.07, 6.45) is 1.93. The van der Waals surface area contributed by atoms with Gasteiger partial charge in [-0.05, 0) is 23.3 Å². The maximum absolute atomic E-state index is 12.6. The van der Waals surface area contributed by atoms with Gasteiger partial charge in [-0.2, -0.15) is 0 Å². The molecule has 0 bridgehead atoms. The molecule has 0 atom stereocenters. The highest BCUT2D eigenvalue weighted by Crippen LogP contribution is 2.28. The van der Waals surface area contributed by atoms with Gasteiger partial charge >= 0.3 is 0 Å². The summed E-state index contributed by atoms with van der Waals surface area (Å²) in [5, 5.41) is 6.93. The van der Waals surface area contributed by atoms with Crippen molar-refractivity contribution in [2.75, 3.05) is 0 Å². The summed E-state index contributed by atoms with van der Waals surface area (Å²) in [4.78, 5) is 12.6. The molecular formula is C23H20N2O3. The van der Waals surface area contributed by atoms with Crippen molar-refractivity contribution in [3.63, 3.8) is 0 Å². The molecule has 2 aromatic carbocycles. The summed E-state index contributed by atoms with van der Waals surface area (Å²) in [7, 11) is 0. The van der Waals surface area contributed by atoms with Gasteiger partial charge in [0.25, 0.3) is 0 Å². The average molecular weight is 372 g/mol. The van der Waals surface area contributed by atoms with E-state index < -0.39 is 0 Å². The van der Waals surface area contributed by atoms with Gasteiger partial charge in [0.15, 0.2) is 5.76 Å². The first-order valence-corrected chi connectivity index (χ1v) is 9.15. The molecule has 5 heteroatoms. The first-order valence-electron chi connectivity index (χ1n) is 9.15. The summed E-state index contributed by atoms with van der Waals surface area (Å²) in [5.74, 6) is 1.11. The molecule has 0 radical (unpaired) electrons. The lowest BCUT2D eigenvalue weighted by molar-refractivity contribution is -0.121. The van der Waals surface area contributed by atoms with Crippen molar-refractivity contribution >= 4 is 5.91 Å². The summed E-state index contributed by atoms with van der Waals surface area (Å²) in [6.45, 7) is 0.305. The zero-order valence-electron chi connectivity index (χ0n) is 15.2. The molecule has 2 heterocycles. The van der Waals surface area contributed by atoms with Crippen LogP contribution >= 0.6 is 0 Å². The second kappa shape index (κ2) is 8.39. The third kappa shape index (κ3) is 4.20. The molecule has 4 aromatic rings. The smallest absolute Gasteiger partial charge is 0.221 e. The third-order valence-corrected chi connectivity index (χ3v) is 4.58. The molecule has 1 amide bonds. The fourth-order valence-corrected chi connectivity index (χ4v) is 3.18. The van der Waals surface area contributed by atoms with Crippen LogP contribution in [-0.4, -0.2) is 11.1 Å². The van der Waals surface area contributed by atoms with Crippen LogP contribution in [0.3, 0.4) is 0 Å². The van der Waals surface area contributed by atoms with Crippen LogP contribution in [0.15, 0.2) is 94.1 Å². The standard InChI is InChI=1S/C23H20N2O3/c26-23(24-16-19-14-22(28-25-19)21-12-7-13-27-21)15-20(17-8-3-1-4-9-17)18-10-5-2-6-11-18/h1-14,20H,15-16H2,(H,24,26). The molecule has 0 aliphatic heterocycles. The Morgan fingerprint density at radius 2 is 1.57 bits per heavy atom. The van der Waals surface area contributed by atoms with Crippen molar-refractivity contribution in [2.45, 2.75) is 18.9 Å². The number of hydrogen-bond acceptors (Lipinski definition) is 4. The molecular weight excluding hydrogens is 352 g/mol. The highest BCUT2D eigenvalue weighted by atomic mass is 16.5. The Morgan fingerprint density at radius 1 is 0.893 bits per heavy atom. The number of nitrogens with zero attached hydrogens (tertiary/aromatic N) is 1. The number of benzene rings is 2. The zero-order valence-corrected chi connectivity index (χ0v) is 15.2. The summed E-state index contributed by atoms with van der Waals surface area (Å²) < 4.78 is 10.6. The molecule has 2 aromatic heterocycles. The van der Waals surface area contributed by atoms with Gasteiger partial charge in [-0.25, -0.2) is 0 Å². The van der Waals surface area contributed by atoms with Gasteiger partial charge in [0, 0.05) is 18.4 Å². The Morgan fingerprint density at radius 3 is 2.18 bits per heavy atom. The number of amides is 1. The van der Waals surface area contributed by atoms with E-state index in [9.17, 15) is 4.79 Å². The SMILES string of the molecule is O=C(CC(c1ccccc1)c1ccccc1)NCc1cc(-c2ccco2)on1. The Labute approximate surface area is 163 Å². The second-order valence-corrected chi connectivity index (χ2v) is 6.51. The van der Waals surface area contributed by atoms with Crippen LogP contribution in [0.25, 0.3) is 11.5 Å². The quantitative estimate of drug-likeness (QED) is 0.507. The zero-order chi connectivity index (χ0) is 19.2. The van der Waals surface area contributed by atoms with Crippen LogP contribution < -0.4 is 5.32 Å². The Bertz CT molecular complexity index is 969. The Kier molecular flexibility index (Phi) is 5.33. The van der Waals surface area contributed by atoms with E-state index in [1.807, 2.05) is 36.4 Å². The van der Waals surface area contributed by atoms with Crippen LogP contribution in [0, 0.1) is 0 Å². The monoisotopic (exact) mass is 372 g/mol. The molecule has 28 heavy (non-hydrogen) atoms. The van der Waals surface area contributed by atoms with Crippen LogP contribution in [-0.2, 0) is 11.3 Å². The molecule has 5 nitrogen and oxygen atoms in total. The maximum atomic E-state index is 12.6. The lowest BCUT2D eigenvalue weighted by atomic mass is 9.88.